The van der Waals surface area contributed by atoms with Crippen molar-refractivity contribution in [3.05, 3.63) is 35.9 Å². The summed E-state index contributed by atoms with van der Waals surface area (Å²) in [6, 6.07) is 12.1. The van der Waals surface area contributed by atoms with Crippen molar-refractivity contribution in [3.63, 3.8) is 0 Å². The normalized spacial score (nSPS) is 19.5. The third-order valence-electron chi connectivity index (χ3n) is 3.85. The van der Waals surface area contributed by atoms with Gasteiger partial charge in [0.2, 0.25) is 0 Å². The summed E-state index contributed by atoms with van der Waals surface area (Å²) in [7, 11) is 0. The lowest BCUT2D eigenvalue weighted by atomic mass is 9.90. The molecule has 2 rings (SSSR count). The molecule has 1 aromatic carbocycles. The molecular formula is C16H25N. The zero-order valence-electron chi connectivity index (χ0n) is 11.2. The van der Waals surface area contributed by atoms with Gasteiger partial charge < -0.3 is 5.32 Å². The zero-order chi connectivity index (χ0) is 12.1. The molecule has 0 bridgehead atoms. The molecule has 1 aliphatic rings. The van der Waals surface area contributed by atoms with Gasteiger partial charge in [-0.2, -0.15) is 0 Å². The van der Waals surface area contributed by atoms with Gasteiger partial charge in [-0.1, -0.05) is 63.4 Å². The Hall–Kier alpha value is -0.820. The highest BCUT2D eigenvalue weighted by atomic mass is 15.0. The first kappa shape index (κ1) is 12.6. The number of benzene rings is 1. The summed E-state index contributed by atoms with van der Waals surface area (Å²) in [5, 5.41) is 3.87. The first-order valence-corrected chi connectivity index (χ1v) is 7.08. The summed E-state index contributed by atoms with van der Waals surface area (Å²) < 4.78 is 0. The van der Waals surface area contributed by atoms with Crippen LogP contribution in [0.15, 0.2) is 30.3 Å². The smallest absolute Gasteiger partial charge is 0.0345 e. The molecule has 1 aromatic rings. The third-order valence-corrected chi connectivity index (χ3v) is 3.85. The number of rotatable bonds is 4. The fourth-order valence-electron chi connectivity index (χ4n) is 2.86. The second kappa shape index (κ2) is 6.20. The van der Waals surface area contributed by atoms with Crippen molar-refractivity contribution in [2.45, 2.75) is 58.0 Å². The lowest BCUT2D eigenvalue weighted by Gasteiger charge is -2.31. The first-order valence-electron chi connectivity index (χ1n) is 7.08. The maximum absolute atomic E-state index is 3.87. The molecule has 1 heteroatoms. The van der Waals surface area contributed by atoms with Crippen molar-refractivity contribution in [3.8, 4) is 0 Å². The van der Waals surface area contributed by atoms with Gasteiger partial charge in [0.15, 0.2) is 0 Å². The first-order chi connectivity index (χ1) is 8.27. The minimum atomic E-state index is 0.513. The molecule has 0 amide bonds. The van der Waals surface area contributed by atoms with E-state index in [1.54, 1.807) is 0 Å². The van der Waals surface area contributed by atoms with Gasteiger partial charge in [0.05, 0.1) is 0 Å². The van der Waals surface area contributed by atoms with Crippen LogP contribution in [0.3, 0.4) is 0 Å². The van der Waals surface area contributed by atoms with E-state index in [0.29, 0.717) is 12.0 Å². The number of nitrogens with one attached hydrogen (secondary N) is 1. The highest BCUT2D eigenvalue weighted by Gasteiger charge is 2.21. The molecule has 1 fully saturated rings. The van der Waals surface area contributed by atoms with Crippen molar-refractivity contribution in [2.75, 3.05) is 0 Å². The Morgan fingerprint density at radius 2 is 1.65 bits per heavy atom. The second-order valence-electron chi connectivity index (χ2n) is 5.63. The summed E-state index contributed by atoms with van der Waals surface area (Å²) in [5.41, 5.74) is 1.44. The Kier molecular flexibility index (Phi) is 4.61. The Labute approximate surface area is 106 Å². The van der Waals surface area contributed by atoms with E-state index in [4.69, 9.17) is 0 Å². The number of hydrogen-bond donors (Lipinski definition) is 1. The maximum atomic E-state index is 3.87. The highest BCUT2D eigenvalue weighted by molar-refractivity contribution is 5.19. The van der Waals surface area contributed by atoms with Crippen LogP contribution in [0.2, 0.25) is 0 Å². The predicted molar refractivity (Wildman–Crippen MR) is 74.0 cm³/mol. The summed E-state index contributed by atoms with van der Waals surface area (Å²) in [5.74, 6) is 0.652. The summed E-state index contributed by atoms with van der Waals surface area (Å²) in [6.07, 6.45) is 6.94. The lowest BCUT2D eigenvalue weighted by Crippen LogP contribution is -2.36. The zero-order valence-corrected chi connectivity index (χ0v) is 11.2. The van der Waals surface area contributed by atoms with Gasteiger partial charge in [-0.15, -0.1) is 0 Å². The Morgan fingerprint density at radius 1 is 1.00 bits per heavy atom. The Balaban J connectivity index is 2.02. The van der Waals surface area contributed by atoms with E-state index in [-0.39, 0.29) is 0 Å². The predicted octanol–water partition coefficient (Wildman–Crippen LogP) is 4.31. The topological polar surface area (TPSA) is 12.0 Å². The van der Waals surface area contributed by atoms with Crippen LogP contribution in [0.5, 0.6) is 0 Å². The van der Waals surface area contributed by atoms with E-state index in [0.717, 1.165) is 6.04 Å². The van der Waals surface area contributed by atoms with Crippen molar-refractivity contribution in [1.29, 1.82) is 0 Å². The molecule has 0 spiro atoms. The van der Waals surface area contributed by atoms with Crippen LogP contribution in [0.1, 0.15) is 57.6 Å². The van der Waals surface area contributed by atoms with Crippen LogP contribution in [-0.4, -0.2) is 6.04 Å². The van der Waals surface area contributed by atoms with Gasteiger partial charge in [0.25, 0.3) is 0 Å². The van der Waals surface area contributed by atoms with E-state index in [1.807, 2.05) is 0 Å². The van der Waals surface area contributed by atoms with Crippen LogP contribution >= 0.6 is 0 Å². The largest absolute Gasteiger partial charge is 0.307 e. The molecule has 0 radical (unpaired) electrons. The van der Waals surface area contributed by atoms with E-state index in [1.165, 1.54) is 37.7 Å². The Morgan fingerprint density at radius 3 is 2.24 bits per heavy atom. The molecule has 1 aliphatic carbocycles. The van der Waals surface area contributed by atoms with Gasteiger partial charge >= 0.3 is 0 Å². The third kappa shape index (κ3) is 3.57. The van der Waals surface area contributed by atoms with E-state index < -0.39 is 0 Å². The summed E-state index contributed by atoms with van der Waals surface area (Å²) in [4.78, 5) is 0. The minimum absolute atomic E-state index is 0.513. The van der Waals surface area contributed by atoms with Crippen LogP contribution < -0.4 is 5.32 Å². The quantitative estimate of drug-likeness (QED) is 0.814. The summed E-state index contributed by atoms with van der Waals surface area (Å²) >= 11 is 0. The maximum Gasteiger partial charge on any atom is 0.0345 e. The molecule has 1 atom stereocenters. The van der Waals surface area contributed by atoms with Crippen molar-refractivity contribution >= 4 is 0 Å². The highest BCUT2D eigenvalue weighted by Crippen LogP contribution is 2.26. The lowest BCUT2D eigenvalue weighted by molar-refractivity contribution is 0.300. The van der Waals surface area contributed by atoms with E-state index in [9.17, 15) is 0 Å². The van der Waals surface area contributed by atoms with Crippen molar-refractivity contribution in [2.24, 2.45) is 5.92 Å². The van der Waals surface area contributed by atoms with Gasteiger partial charge in [-0.3, -0.25) is 0 Å². The molecule has 1 N–H and O–H groups in total. The molecule has 17 heavy (non-hydrogen) atoms. The average molecular weight is 231 g/mol. The molecule has 0 aliphatic heterocycles. The van der Waals surface area contributed by atoms with Crippen molar-refractivity contribution < 1.29 is 0 Å². The van der Waals surface area contributed by atoms with Crippen LogP contribution in [0, 0.1) is 5.92 Å². The van der Waals surface area contributed by atoms with Gasteiger partial charge in [0.1, 0.15) is 0 Å². The fraction of sp³-hybridized carbons (Fsp3) is 0.625. The molecule has 0 aromatic heterocycles. The molecular weight excluding hydrogens is 206 g/mol. The molecule has 1 saturated carbocycles. The minimum Gasteiger partial charge on any atom is -0.307 e. The Bertz CT molecular complexity index is 312. The van der Waals surface area contributed by atoms with Gasteiger partial charge in [-0.25, -0.2) is 0 Å². The molecule has 94 valence electrons. The van der Waals surface area contributed by atoms with E-state index >= 15 is 0 Å². The molecule has 0 heterocycles. The fourth-order valence-corrected chi connectivity index (χ4v) is 2.86. The number of hydrogen-bond acceptors (Lipinski definition) is 1. The second-order valence-corrected chi connectivity index (χ2v) is 5.63. The van der Waals surface area contributed by atoms with Crippen LogP contribution in [0.25, 0.3) is 0 Å². The van der Waals surface area contributed by atoms with Gasteiger partial charge in [0, 0.05) is 12.1 Å². The monoisotopic (exact) mass is 231 g/mol. The van der Waals surface area contributed by atoms with Crippen molar-refractivity contribution in [1.82, 2.24) is 5.32 Å². The van der Waals surface area contributed by atoms with E-state index in [2.05, 4.69) is 49.5 Å². The molecule has 0 unspecified atom stereocenters. The molecule has 0 saturated heterocycles. The average Bonchev–Trinajstić information content (AvgIpc) is 2.38. The summed E-state index contributed by atoms with van der Waals surface area (Å²) in [6.45, 7) is 4.63. The molecule has 1 nitrogen and oxygen atoms in total. The van der Waals surface area contributed by atoms with Crippen LogP contribution in [-0.2, 0) is 0 Å². The SMILES string of the molecule is CC(C)[C@H](NC1CCCCC1)c1ccccc1. The standard InChI is InChI=1S/C16H25N/c1-13(2)16(14-9-5-3-6-10-14)17-15-11-7-4-8-12-15/h3,5-6,9-10,13,15-17H,4,7-8,11-12H2,1-2H3/t16-/m0/s1. The van der Waals surface area contributed by atoms with Gasteiger partial charge in [-0.05, 0) is 24.3 Å². The van der Waals surface area contributed by atoms with Crippen LogP contribution in [0.4, 0.5) is 0 Å².